The van der Waals surface area contributed by atoms with Gasteiger partial charge in [0.05, 0.1) is 12.2 Å². The summed E-state index contributed by atoms with van der Waals surface area (Å²) < 4.78 is 30.9. The number of aliphatic carboxylic acids is 1. The first-order valence-electron chi connectivity index (χ1n) is 5.30. The zero-order valence-corrected chi connectivity index (χ0v) is 9.45. The van der Waals surface area contributed by atoms with Gasteiger partial charge < -0.3 is 9.84 Å². The van der Waals surface area contributed by atoms with Crippen LogP contribution >= 0.6 is 0 Å². The summed E-state index contributed by atoms with van der Waals surface area (Å²) in [5.74, 6) is -0.877. The lowest BCUT2D eigenvalue weighted by molar-refractivity contribution is -0.136. The van der Waals surface area contributed by atoms with Gasteiger partial charge in [-0.05, 0) is 25.0 Å². The van der Waals surface area contributed by atoms with Gasteiger partial charge in [-0.15, -0.1) is 0 Å². The number of aryl methyl sites for hydroxylation is 1. The van der Waals surface area contributed by atoms with Gasteiger partial charge in [-0.3, -0.25) is 4.79 Å². The van der Waals surface area contributed by atoms with E-state index in [2.05, 4.69) is 0 Å². The molecule has 1 rings (SSSR count). The predicted molar refractivity (Wildman–Crippen MR) is 58.5 cm³/mol. The molecule has 0 heterocycles. The highest BCUT2D eigenvalue weighted by Gasteiger charge is 2.19. The van der Waals surface area contributed by atoms with E-state index in [0.29, 0.717) is 12.2 Å². The number of benzene rings is 1. The molecule has 5 heteroatoms. The van der Waals surface area contributed by atoms with Crippen molar-refractivity contribution >= 4 is 5.97 Å². The number of rotatable bonds is 6. The molecule has 0 aliphatic carbocycles. The lowest BCUT2D eigenvalue weighted by Crippen LogP contribution is -2.04. The Balaban J connectivity index is 3.01. The van der Waals surface area contributed by atoms with Crippen molar-refractivity contribution in [3.8, 4) is 5.75 Å². The van der Waals surface area contributed by atoms with Crippen LogP contribution in [0.2, 0.25) is 0 Å². The van der Waals surface area contributed by atoms with Gasteiger partial charge in [0.1, 0.15) is 5.75 Å². The van der Waals surface area contributed by atoms with Gasteiger partial charge in [-0.2, -0.15) is 0 Å². The predicted octanol–water partition coefficient (Wildman–Crippen LogP) is 3.04. The van der Waals surface area contributed by atoms with Crippen molar-refractivity contribution in [1.29, 1.82) is 0 Å². The lowest BCUT2D eigenvalue weighted by atomic mass is 10.0. The number of hydrogen-bond acceptors (Lipinski definition) is 2. The fourth-order valence-corrected chi connectivity index (χ4v) is 1.58. The van der Waals surface area contributed by atoms with Crippen LogP contribution in [0, 0.1) is 0 Å². The fourth-order valence-electron chi connectivity index (χ4n) is 1.58. The van der Waals surface area contributed by atoms with Gasteiger partial charge in [-0.25, -0.2) is 8.78 Å². The maximum absolute atomic E-state index is 12.9. The second-order valence-electron chi connectivity index (χ2n) is 3.46. The number of carboxylic acid groups (broad SMARTS) is 1. The molecule has 17 heavy (non-hydrogen) atoms. The van der Waals surface area contributed by atoms with Crippen molar-refractivity contribution in [1.82, 2.24) is 0 Å². The first kappa shape index (κ1) is 13.4. The molecule has 3 nitrogen and oxygen atoms in total. The molecule has 0 aliphatic rings. The number of carbonyl (C=O) groups is 1. The van der Waals surface area contributed by atoms with Crippen LogP contribution in [-0.4, -0.2) is 17.7 Å². The van der Waals surface area contributed by atoms with E-state index in [0.717, 1.165) is 0 Å². The average molecular weight is 244 g/mol. The fraction of sp³-hybridized carbons (Fsp3) is 0.417. The molecule has 0 fully saturated rings. The molecule has 0 radical (unpaired) electrons. The Kier molecular flexibility index (Phi) is 4.87. The highest BCUT2D eigenvalue weighted by atomic mass is 19.3. The minimum atomic E-state index is -2.67. The topological polar surface area (TPSA) is 46.5 Å². The molecule has 0 amide bonds. The molecular formula is C12H14F2O3. The van der Waals surface area contributed by atoms with Crippen molar-refractivity contribution in [3.63, 3.8) is 0 Å². The van der Waals surface area contributed by atoms with Crippen molar-refractivity contribution in [2.24, 2.45) is 0 Å². The minimum absolute atomic E-state index is 0.0793. The number of hydrogen-bond donors (Lipinski definition) is 1. The molecule has 1 aromatic carbocycles. The molecule has 0 bridgehead atoms. The summed E-state index contributed by atoms with van der Waals surface area (Å²) in [4.78, 5) is 10.4. The van der Waals surface area contributed by atoms with E-state index in [-0.39, 0.29) is 24.2 Å². The third-order valence-corrected chi connectivity index (χ3v) is 2.28. The van der Waals surface area contributed by atoms with Crippen LogP contribution in [0.3, 0.4) is 0 Å². The van der Waals surface area contributed by atoms with Gasteiger partial charge >= 0.3 is 5.97 Å². The molecule has 0 saturated heterocycles. The largest absolute Gasteiger partial charge is 0.493 e. The van der Waals surface area contributed by atoms with Crippen LogP contribution in [0.15, 0.2) is 18.2 Å². The zero-order chi connectivity index (χ0) is 12.8. The summed E-state index contributed by atoms with van der Waals surface area (Å²) in [5.41, 5.74) is 0.129. The number of ether oxygens (including phenoxy) is 1. The van der Waals surface area contributed by atoms with E-state index in [4.69, 9.17) is 9.84 Å². The highest BCUT2D eigenvalue weighted by Crippen LogP contribution is 2.32. The second kappa shape index (κ2) is 6.18. The summed E-state index contributed by atoms with van der Waals surface area (Å²) in [6.07, 6.45) is -2.76. The summed E-state index contributed by atoms with van der Waals surface area (Å²) >= 11 is 0. The van der Waals surface area contributed by atoms with Crippen molar-refractivity contribution < 1.29 is 23.4 Å². The number of alkyl halides is 2. The third kappa shape index (κ3) is 3.69. The molecule has 0 atom stereocenters. The Labute approximate surface area is 98.0 Å². The first-order valence-corrected chi connectivity index (χ1v) is 5.30. The minimum Gasteiger partial charge on any atom is -0.493 e. The van der Waals surface area contributed by atoms with Gasteiger partial charge in [0.2, 0.25) is 0 Å². The molecule has 0 spiro atoms. The summed E-state index contributed by atoms with van der Waals surface area (Å²) in [5, 5.41) is 8.56. The van der Waals surface area contributed by atoms with Gasteiger partial charge in [0, 0.05) is 6.42 Å². The molecule has 0 saturated carbocycles. The molecule has 0 aromatic heterocycles. The SMILES string of the molecule is CCOc1cccc(CCC(=O)O)c1C(F)F. The third-order valence-electron chi connectivity index (χ3n) is 2.28. The van der Waals surface area contributed by atoms with E-state index in [1.165, 1.54) is 12.1 Å². The first-order chi connectivity index (χ1) is 8.06. The van der Waals surface area contributed by atoms with Gasteiger partial charge in [-0.1, -0.05) is 12.1 Å². The highest BCUT2D eigenvalue weighted by molar-refractivity contribution is 5.67. The summed E-state index contributed by atoms with van der Waals surface area (Å²) in [7, 11) is 0. The van der Waals surface area contributed by atoms with E-state index in [1.807, 2.05) is 0 Å². The van der Waals surface area contributed by atoms with Crippen LogP contribution < -0.4 is 4.74 Å². The Morgan fingerprint density at radius 3 is 2.71 bits per heavy atom. The molecule has 0 unspecified atom stereocenters. The Morgan fingerprint density at radius 2 is 2.18 bits per heavy atom. The summed E-state index contributed by atoms with van der Waals surface area (Å²) in [6, 6.07) is 4.57. The Morgan fingerprint density at radius 1 is 1.47 bits per heavy atom. The van der Waals surface area contributed by atoms with Crippen molar-refractivity contribution in [2.45, 2.75) is 26.2 Å². The smallest absolute Gasteiger partial charge is 0.303 e. The van der Waals surface area contributed by atoms with Gasteiger partial charge in [0.25, 0.3) is 6.43 Å². The quantitative estimate of drug-likeness (QED) is 0.836. The van der Waals surface area contributed by atoms with Crippen molar-refractivity contribution in [3.05, 3.63) is 29.3 Å². The molecular weight excluding hydrogens is 230 g/mol. The maximum atomic E-state index is 12.9. The molecule has 0 aliphatic heterocycles. The zero-order valence-electron chi connectivity index (χ0n) is 9.45. The number of halogens is 2. The van der Waals surface area contributed by atoms with E-state index in [9.17, 15) is 13.6 Å². The molecule has 1 N–H and O–H groups in total. The normalized spacial score (nSPS) is 10.6. The maximum Gasteiger partial charge on any atom is 0.303 e. The second-order valence-corrected chi connectivity index (χ2v) is 3.46. The molecule has 1 aromatic rings. The average Bonchev–Trinajstić information content (AvgIpc) is 2.26. The van der Waals surface area contributed by atoms with Crippen LogP contribution in [0.1, 0.15) is 30.9 Å². The standard InChI is InChI=1S/C12H14F2O3/c1-2-17-9-5-3-4-8(6-7-10(15)16)11(9)12(13)14/h3-5,12H,2,6-7H2,1H3,(H,15,16). The van der Waals surface area contributed by atoms with Crippen LogP contribution in [0.25, 0.3) is 0 Å². The summed E-state index contributed by atoms with van der Waals surface area (Å²) in [6.45, 7) is 2.00. The van der Waals surface area contributed by atoms with E-state index in [1.54, 1.807) is 13.0 Å². The Bertz CT molecular complexity index is 391. The van der Waals surface area contributed by atoms with Crippen LogP contribution in [0.5, 0.6) is 5.75 Å². The monoisotopic (exact) mass is 244 g/mol. The Hall–Kier alpha value is -1.65. The van der Waals surface area contributed by atoms with E-state index < -0.39 is 12.4 Å². The van der Waals surface area contributed by atoms with E-state index >= 15 is 0 Å². The van der Waals surface area contributed by atoms with Crippen LogP contribution in [0.4, 0.5) is 8.78 Å². The van der Waals surface area contributed by atoms with Crippen molar-refractivity contribution in [2.75, 3.05) is 6.61 Å². The van der Waals surface area contributed by atoms with Gasteiger partial charge in [0.15, 0.2) is 0 Å². The molecule has 94 valence electrons. The number of carboxylic acids is 1. The van der Waals surface area contributed by atoms with Crippen LogP contribution in [-0.2, 0) is 11.2 Å². The lowest BCUT2D eigenvalue weighted by Gasteiger charge is -2.13.